The van der Waals surface area contributed by atoms with Crippen molar-refractivity contribution in [3.8, 4) is 5.75 Å². The van der Waals surface area contributed by atoms with Gasteiger partial charge in [-0.3, -0.25) is 0 Å². The molecule has 2 N–H and O–H groups in total. The van der Waals surface area contributed by atoms with Crippen LogP contribution in [-0.2, 0) is 0 Å². The first-order chi connectivity index (χ1) is 7.92. The summed E-state index contributed by atoms with van der Waals surface area (Å²) >= 11 is 0. The van der Waals surface area contributed by atoms with Gasteiger partial charge in [-0.1, -0.05) is 32.9 Å². The zero-order chi connectivity index (χ0) is 12.9. The normalized spacial score (nSPS) is 13.5. The van der Waals surface area contributed by atoms with Gasteiger partial charge in [-0.05, 0) is 42.9 Å². The molecule has 0 aromatic heterocycles. The monoisotopic (exact) mass is 235 g/mol. The summed E-state index contributed by atoms with van der Waals surface area (Å²) in [6.07, 6.45) is 2.14. The maximum Gasteiger partial charge on any atom is 0.119 e. The van der Waals surface area contributed by atoms with Crippen molar-refractivity contribution in [3.05, 3.63) is 29.8 Å². The highest BCUT2D eigenvalue weighted by atomic mass is 16.5. The van der Waals surface area contributed by atoms with Gasteiger partial charge in [-0.15, -0.1) is 0 Å². The number of benzene rings is 1. The fraction of sp³-hybridized carbons (Fsp3) is 0.600. The second-order valence-corrected chi connectivity index (χ2v) is 5.71. The zero-order valence-corrected chi connectivity index (χ0v) is 11.5. The predicted molar refractivity (Wildman–Crippen MR) is 73.2 cm³/mol. The summed E-state index contributed by atoms with van der Waals surface area (Å²) in [5.41, 5.74) is 7.72. The summed E-state index contributed by atoms with van der Waals surface area (Å²) in [5, 5.41) is 0. The first-order valence-corrected chi connectivity index (χ1v) is 6.41. The van der Waals surface area contributed by atoms with Crippen LogP contribution in [0.25, 0.3) is 0 Å². The molecule has 2 heteroatoms. The molecule has 96 valence electrons. The third kappa shape index (κ3) is 5.22. The zero-order valence-electron chi connectivity index (χ0n) is 11.5. The summed E-state index contributed by atoms with van der Waals surface area (Å²) in [6, 6.07) is 8.22. The minimum Gasteiger partial charge on any atom is -0.494 e. The largest absolute Gasteiger partial charge is 0.494 e. The number of hydrogen-bond donors (Lipinski definition) is 1. The van der Waals surface area contributed by atoms with Crippen LogP contribution in [0.3, 0.4) is 0 Å². The molecule has 1 unspecified atom stereocenters. The van der Waals surface area contributed by atoms with Crippen molar-refractivity contribution in [1.82, 2.24) is 0 Å². The first kappa shape index (κ1) is 14.0. The van der Waals surface area contributed by atoms with Gasteiger partial charge >= 0.3 is 0 Å². The summed E-state index contributed by atoms with van der Waals surface area (Å²) in [6.45, 7) is 9.43. The molecule has 0 heterocycles. The number of ether oxygens (including phenoxy) is 1. The minimum atomic E-state index is 0.106. The van der Waals surface area contributed by atoms with Crippen LogP contribution in [0.5, 0.6) is 5.75 Å². The summed E-state index contributed by atoms with van der Waals surface area (Å²) in [4.78, 5) is 0. The molecule has 17 heavy (non-hydrogen) atoms. The molecule has 0 fully saturated rings. The molecule has 1 aromatic rings. The van der Waals surface area contributed by atoms with E-state index >= 15 is 0 Å². The Bertz CT molecular complexity index is 341. The molecule has 0 saturated heterocycles. The highest BCUT2D eigenvalue weighted by molar-refractivity contribution is 5.30. The molecule has 0 spiro atoms. The molecule has 1 atom stereocenters. The lowest BCUT2D eigenvalue weighted by atomic mass is 9.87. The van der Waals surface area contributed by atoms with E-state index in [2.05, 4.69) is 32.9 Å². The Kier molecular flexibility index (Phi) is 5.01. The van der Waals surface area contributed by atoms with Gasteiger partial charge in [0.05, 0.1) is 6.61 Å². The minimum absolute atomic E-state index is 0.106. The number of hydrogen-bond acceptors (Lipinski definition) is 2. The summed E-state index contributed by atoms with van der Waals surface area (Å²) in [7, 11) is 0. The van der Waals surface area contributed by atoms with E-state index in [1.54, 1.807) is 0 Å². The van der Waals surface area contributed by atoms with Crippen molar-refractivity contribution in [2.24, 2.45) is 11.1 Å². The highest BCUT2D eigenvalue weighted by Gasteiger charge is 2.14. The van der Waals surface area contributed by atoms with Crippen LogP contribution in [0, 0.1) is 5.41 Å². The van der Waals surface area contributed by atoms with Crippen molar-refractivity contribution in [3.63, 3.8) is 0 Å². The molecule has 1 aromatic carbocycles. The lowest BCUT2D eigenvalue weighted by Gasteiger charge is -2.21. The van der Waals surface area contributed by atoms with Crippen molar-refractivity contribution >= 4 is 0 Å². The fourth-order valence-electron chi connectivity index (χ4n) is 1.76. The third-order valence-corrected chi connectivity index (χ3v) is 2.80. The van der Waals surface area contributed by atoms with Gasteiger partial charge in [0.25, 0.3) is 0 Å². The van der Waals surface area contributed by atoms with E-state index in [0.717, 1.165) is 18.6 Å². The molecule has 0 aliphatic carbocycles. The van der Waals surface area contributed by atoms with Crippen molar-refractivity contribution in [2.75, 3.05) is 6.61 Å². The van der Waals surface area contributed by atoms with Crippen LogP contribution in [0.4, 0.5) is 0 Å². The van der Waals surface area contributed by atoms with Crippen molar-refractivity contribution in [2.45, 2.75) is 46.6 Å². The lowest BCUT2D eigenvalue weighted by Crippen LogP contribution is -2.14. The van der Waals surface area contributed by atoms with Gasteiger partial charge in [0, 0.05) is 6.04 Å². The van der Waals surface area contributed by atoms with Gasteiger partial charge < -0.3 is 10.5 Å². The predicted octanol–water partition coefficient (Wildman–Crippen LogP) is 3.91. The molecule has 0 saturated carbocycles. The van der Waals surface area contributed by atoms with Crippen molar-refractivity contribution < 1.29 is 4.74 Å². The van der Waals surface area contributed by atoms with E-state index in [-0.39, 0.29) is 6.04 Å². The average Bonchev–Trinajstić information content (AvgIpc) is 2.26. The summed E-state index contributed by atoms with van der Waals surface area (Å²) in [5.74, 6) is 0.913. The van der Waals surface area contributed by atoms with Crippen LogP contribution in [0.2, 0.25) is 0 Å². The number of rotatable bonds is 5. The Hall–Kier alpha value is -1.02. The van der Waals surface area contributed by atoms with E-state index in [1.807, 2.05) is 19.1 Å². The smallest absolute Gasteiger partial charge is 0.119 e. The standard InChI is InChI=1S/C15H25NO/c1-5-17-13-8-6-7-12(11-13)14(16)9-10-15(2,3)4/h6-8,11,14H,5,9-10,16H2,1-4H3. The highest BCUT2D eigenvalue weighted by Crippen LogP contribution is 2.27. The molecule has 0 aliphatic rings. The molecule has 0 bridgehead atoms. The quantitative estimate of drug-likeness (QED) is 0.839. The van der Waals surface area contributed by atoms with Crippen LogP contribution >= 0.6 is 0 Å². The van der Waals surface area contributed by atoms with E-state index in [1.165, 1.54) is 5.56 Å². The first-order valence-electron chi connectivity index (χ1n) is 6.41. The molecular weight excluding hydrogens is 210 g/mol. The van der Waals surface area contributed by atoms with Gasteiger partial charge in [-0.2, -0.15) is 0 Å². The topological polar surface area (TPSA) is 35.2 Å². The lowest BCUT2D eigenvalue weighted by molar-refractivity contribution is 0.337. The van der Waals surface area contributed by atoms with Gasteiger partial charge in [0.2, 0.25) is 0 Å². The van der Waals surface area contributed by atoms with Crippen LogP contribution in [0.15, 0.2) is 24.3 Å². The Balaban J connectivity index is 2.62. The molecule has 0 amide bonds. The second kappa shape index (κ2) is 6.06. The number of nitrogens with two attached hydrogens (primary N) is 1. The average molecular weight is 235 g/mol. The third-order valence-electron chi connectivity index (χ3n) is 2.80. The Morgan fingerprint density at radius 3 is 2.59 bits per heavy atom. The Labute approximate surface area is 105 Å². The van der Waals surface area contributed by atoms with E-state index < -0.39 is 0 Å². The molecule has 2 nitrogen and oxygen atoms in total. The van der Waals surface area contributed by atoms with Gasteiger partial charge in [0.15, 0.2) is 0 Å². The summed E-state index contributed by atoms with van der Waals surface area (Å²) < 4.78 is 5.49. The van der Waals surface area contributed by atoms with Crippen molar-refractivity contribution in [1.29, 1.82) is 0 Å². The SMILES string of the molecule is CCOc1cccc(C(N)CCC(C)(C)C)c1. The van der Waals surface area contributed by atoms with Crippen LogP contribution in [-0.4, -0.2) is 6.61 Å². The molecule has 1 rings (SSSR count). The van der Waals surface area contributed by atoms with Crippen LogP contribution in [0.1, 0.15) is 52.1 Å². The van der Waals surface area contributed by atoms with E-state index in [4.69, 9.17) is 10.5 Å². The Morgan fingerprint density at radius 2 is 2.00 bits per heavy atom. The van der Waals surface area contributed by atoms with Gasteiger partial charge in [0.1, 0.15) is 5.75 Å². The molecular formula is C15H25NO. The molecule has 0 radical (unpaired) electrons. The second-order valence-electron chi connectivity index (χ2n) is 5.71. The maximum absolute atomic E-state index is 6.21. The van der Waals surface area contributed by atoms with E-state index in [9.17, 15) is 0 Å². The molecule has 0 aliphatic heterocycles. The van der Waals surface area contributed by atoms with Gasteiger partial charge in [-0.25, -0.2) is 0 Å². The van der Waals surface area contributed by atoms with Crippen LogP contribution < -0.4 is 10.5 Å². The Morgan fingerprint density at radius 1 is 1.29 bits per heavy atom. The maximum atomic E-state index is 6.21. The van der Waals surface area contributed by atoms with E-state index in [0.29, 0.717) is 12.0 Å². The fourth-order valence-corrected chi connectivity index (χ4v) is 1.76.